The van der Waals surface area contributed by atoms with Crippen LogP contribution in [0.3, 0.4) is 0 Å². The summed E-state index contributed by atoms with van der Waals surface area (Å²) in [4.78, 5) is 25.1. The number of hydrogen-bond donors (Lipinski definition) is 3. The number of amides is 2. The summed E-state index contributed by atoms with van der Waals surface area (Å²) in [5.41, 5.74) is 9.41. The van der Waals surface area contributed by atoms with Crippen LogP contribution in [-0.4, -0.2) is 36.2 Å². The second-order valence-electron chi connectivity index (χ2n) is 8.80. The first-order chi connectivity index (χ1) is 14.6. The molecule has 6 heteroatoms. The van der Waals surface area contributed by atoms with E-state index in [-0.39, 0.29) is 24.6 Å². The van der Waals surface area contributed by atoms with E-state index < -0.39 is 17.5 Å². The molecule has 2 unspecified atom stereocenters. The van der Waals surface area contributed by atoms with E-state index in [1.807, 2.05) is 24.3 Å². The quantitative estimate of drug-likeness (QED) is 0.729. The lowest BCUT2D eigenvalue weighted by Crippen LogP contribution is -2.67. The molecule has 2 aromatic rings. The van der Waals surface area contributed by atoms with Gasteiger partial charge in [-0.05, 0) is 47.9 Å². The van der Waals surface area contributed by atoms with Crippen molar-refractivity contribution in [2.24, 2.45) is 5.73 Å². The highest BCUT2D eigenvalue weighted by molar-refractivity contribution is 5.89. The molecule has 2 saturated heterocycles. The molecule has 0 aromatic heterocycles. The lowest BCUT2D eigenvalue weighted by atomic mass is 9.74. The molecular formula is C24H27N3O3. The van der Waals surface area contributed by atoms with Crippen molar-refractivity contribution < 1.29 is 14.3 Å². The molecular weight excluding hydrogens is 378 g/mol. The molecule has 5 rings (SSSR count). The fraction of sp³-hybridized carbons (Fsp3) is 0.417. The Morgan fingerprint density at radius 2 is 1.57 bits per heavy atom. The molecule has 2 bridgehead atoms. The summed E-state index contributed by atoms with van der Waals surface area (Å²) in [6, 6.07) is 16.8. The molecule has 156 valence electrons. The normalized spacial score (nSPS) is 27.1. The molecule has 0 spiro atoms. The van der Waals surface area contributed by atoms with Crippen molar-refractivity contribution >= 4 is 12.0 Å². The number of primary amides is 1. The van der Waals surface area contributed by atoms with Gasteiger partial charge in [0.25, 0.3) is 0 Å². The fourth-order valence-corrected chi connectivity index (χ4v) is 5.55. The zero-order chi connectivity index (χ0) is 20.7. The largest absolute Gasteiger partial charge is 0.449 e. The number of piperidine rings is 2. The van der Waals surface area contributed by atoms with Crippen LogP contribution in [0, 0.1) is 0 Å². The van der Waals surface area contributed by atoms with Crippen molar-refractivity contribution in [3.05, 3.63) is 59.7 Å². The minimum Gasteiger partial charge on any atom is -0.449 e. The number of fused-ring (bicyclic) bond motifs is 5. The van der Waals surface area contributed by atoms with Gasteiger partial charge in [-0.1, -0.05) is 55.0 Å². The molecule has 2 aliphatic heterocycles. The van der Waals surface area contributed by atoms with Crippen LogP contribution in [0.5, 0.6) is 0 Å². The number of rotatable bonds is 4. The van der Waals surface area contributed by atoms with E-state index in [1.165, 1.54) is 11.1 Å². The van der Waals surface area contributed by atoms with Crippen LogP contribution in [0.2, 0.25) is 0 Å². The molecule has 30 heavy (non-hydrogen) atoms. The summed E-state index contributed by atoms with van der Waals surface area (Å²) in [5.74, 6) is -0.491. The van der Waals surface area contributed by atoms with E-state index in [0.717, 1.165) is 30.4 Å². The van der Waals surface area contributed by atoms with E-state index in [1.54, 1.807) is 0 Å². The van der Waals surface area contributed by atoms with Crippen LogP contribution in [-0.2, 0) is 9.53 Å². The molecule has 1 aliphatic carbocycles. The molecule has 0 saturated carbocycles. The highest BCUT2D eigenvalue weighted by Crippen LogP contribution is 2.44. The van der Waals surface area contributed by atoms with Gasteiger partial charge in [-0.3, -0.25) is 4.79 Å². The average Bonchev–Trinajstić information content (AvgIpc) is 3.06. The average molecular weight is 405 g/mol. The zero-order valence-corrected chi connectivity index (χ0v) is 16.9. The van der Waals surface area contributed by atoms with Gasteiger partial charge in [-0.2, -0.15) is 0 Å². The molecule has 2 heterocycles. The Kier molecular flexibility index (Phi) is 4.74. The third-order valence-electron chi connectivity index (χ3n) is 6.92. The van der Waals surface area contributed by atoms with Crippen LogP contribution in [0.15, 0.2) is 48.5 Å². The van der Waals surface area contributed by atoms with Gasteiger partial charge in [0, 0.05) is 18.0 Å². The lowest BCUT2D eigenvalue weighted by molar-refractivity contribution is -0.126. The van der Waals surface area contributed by atoms with Crippen molar-refractivity contribution in [2.75, 3.05) is 6.61 Å². The Bertz CT molecular complexity index is 932. The first-order valence-electron chi connectivity index (χ1n) is 10.7. The first-order valence-corrected chi connectivity index (χ1v) is 10.7. The number of carbonyl (C=O) groups is 2. The lowest BCUT2D eigenvalue weighted by Gasteiger charge is -2.46. The summed E-state index contributed by atoms with van der Waals surface area (Å²) in [7, 11) is 0. The topological polar surface area (TPSA) is 93.5 Å². The number of alkyl carbamates (subject to hydrolysis) is 1. The summed E-state index contributed by atoms with van der Waals surface area (Å²) in [6.45, 7) is 0.222. The van der Waals surface area contributed by atoms with E-state index >= 15 is 0 Å². The molecule has 0 radical (unpaired) electrons. The van der Waals surface area contributed by atoms with Crippen LogP contribution in [0.25, 0.3) is 11.1 Å². The number of benzene rings is 2. The summed E-state index contributed by atoms with van der Waals surface area (Å²) < 4.78 is 5.66. The van der Waals surface area contributed by atoms with Crippen molar-refractivity contribution in [1.29, 1.82) is 0 Å². The smallest absolute Gasteiger partial charge is 0.408 e. The van der Waals surface area contributed by atoms with Gasteiger partial charge in [0.2, 0.25) is 5.91 Å². The molecule has 3 aliphatic rings. The summed E-state index contributed by atoms with van der Waals surface area (Å²) in [6.07, 6.45) is 3.60. The van der Waals surface area contributed by atoms with Crippen molar-refractivity contribution in [3.63, 3.8) is 0 Å². The van der Waals surface area contributed by atoms with Gasteiger partial charge in [-0.15, -0.1) is 0 Å². The predicted molar refractivity (Wildman–Crippen MR) is 114 cm³/mol. The van der Waals surface area contributed by atoms with Crippen LogP contribution >= 0.6 is 0 Å². The maximum absolute atomic E-state index is 12.8. The summed E-state index contributed by atoms with van der Waals surface area (Å²) in [5, 5.41) is 6.39. The third kappa shape index (κ3) is 3.25. The highest BCUT2D eigenvalue weighted by Gasteiger charge is 2.47. The predicted octanol–water partition coefficient (Wildman–Crippen LogP) is 3.05. The van der Waals surface area contributed by atoms with Crippen molar-refractivity contribution in [2.45, 2.75) is 55.6 Å². The van der Waals surface area contributed by atoms with Gasteiger partial charge in [0.1, 0.15) is 12.1 Å². The maximum atomic E-state index is 12.8. The number of ether oxygens (including phenoxy) is 1. The Hall–Kier alpha value is -2.86. The van der Waals surface area contributed by atoms with E-state index in [0.29, 0.717) is 12.8 Å². The molecule has 2 amide bonds. The van der Waals surface area contributed by atoms with Crippen LogP contribution < -0.4 is 16.4 Å². The molecule has 2 aromatic carbocycles. The standard InChI is InChI=1S/C24H27N3O3/c25-22(28)24(12-15-6-5-7-16(13-24)26-15)27-23(29)30-14-21-19-10-3-1-8-17(19)18-9-2-4-11-20(18)21/h1-4,8-11,15-16,21,26H,5-7,12-14H2,(H2,25,28)(H,27,29). The highest BCUT2D eigenvalue weighted by atomic mass is 16.5. The number of hydrogen-bond acceptors (Lipinski definition) is 4. The number of nitrogens with two attached hydrogens (primary N) is 1. The Morgan fingerprint density at radius 1 is 1.00 bits per heavy atom. The Labute approximate surface area is 176 Å². The van der Waals surface area contributed by atoms with E-state index in [2.05, 4.69) is 34.9 Å². The van der Waals surface area contributed by atoms with Crippen LogP contribution in [0.4, 0.5) is 4.79 Å². The van der Waals surface area contributed by atoms with Gasteiger partial charge < -0.3 is 21.1 Å². The minimum atomic E-state index is -1.04. The molecule has 6 nitrogen and oxygen atoms in total. The zero-order valence-electron chi connectivity index (χ0n) is 16.9. The fourth-order valence-electron chi connectivity index (χ4n) is 5.55. The second-order valence-corrected chi connectivity index (χ2v) is 8.80. The molecule has 2 atom stereocenters. The first kappa shape index (κ1) is 19.1. The van der Waals surface area contributed by atoms with E-state index in [9.17, 15) is 9.59 Å². The number of nitrogens with one attached hydrogen (secondary N) is 2. The van der Waals surface area contributed by atoms with Crippen LogP contribution in [0.1, 0.15) is 49.1 Å². The summed E-state index contributed by atoms with van der Waals surface area (Å²) >= 11 is 0. The van der Waals surface area contributed by atoms with Gasteiger partial charge in [0.15, 0.2) is 0 Å². The maximum Gasteiger partial charge on any atom is 0.408 e. The van der Waals surface area contributed by atoms with Gasteiger partial charge in [-0.25, -0.2) is 4.79 Å². The molecule has 2 fully saturated rings. The number of carbonyl (C=O) groups excluding carboxylic acids is 2. The van der Waals surface area contributed by atoms with Crippen molar-refractivity contribution in [3.8, 4) is 11.1 Å². The second kappa shape index (κ2) is 7.43. The van der Waals surface area contributed by atoms with Gasteiger partial charge in [0.05, 0.1) is 0 Å². The SMILES string of the molecule is NC(=O)C1(NC(=O)OCC2c3ccccc3-c3ccccc32)CC2CCCC(C1)N2. The van der Waals surface area contributed by atoms with E-state index in [4.69, 9.17) is 10.5 Å². The Balaban J connectivity index is 1.31. The molecule has 4 N–H and O–H groups in total. The van der Waals surface area contributed by atoms with Gasteiger partial charge >= 0.3 is 6.09 Å². The third-order valence-corrected chi connectivity index (χ3v) is 6.92. The monoisotopic (exact) mass is 405 g/mol. The minimum absolute atomic E-state index is 0.0138. The Morgan fingerprint density at radius 3 is 2.13 bits per heavy atom. The van der Waals surface area contributed by atoms with Crippen molar-refractivity contribution in [1.82, 2.24) is 10.6 Å².